The SMILES string of the molecule is CNc1cnc2c(=O)n(C)c(=O)n(C)c2n1. The molecule has 84 valence electrons. The molecule has 2 rings (SSSR count). The molecule has 0 aliphatic rings. The van der Waals surface area contributed by atoms with Gasteiger partial charge in [-0.2, -0.15) is 0 Å². The topological polar surface area (TPSA) is 81.8 Å². The second kappa shape index (κ2) is 3.44. The van der Waals surface area contributed by atoms with Crippen LogP contribution in [0.1, 0.15) is 0 Å². The highest BCUT2D eigenvalue weighted by Crippen LogP contribution is 2.05. The zero-order valence-electron chi connectivity index (χ0n) is 9.18. The van der Waals surface area contributed by atoms with Gasteiger partial charge in [0.2, 0.25) is 0 Å². The lowest BCUT2D eigenvalue weighted by Gasteiger charge is -2.06. The molecule has 0 saturated heterocycles. The Morgan fingerprint density at radius 3 is 2.56 bits per heavy atom. The van der Waals surface area contributed by atoms with Crippen LogP contribution >= 0.6 is 0 Å². The van der Waals surface area contributed by atoms with Gasteiger partial charge in [-0.1, -0.05) is 0 Å². The molecule has 0 fully saturated rings. The molecule has 1 N–H and O–H groups in total. The first-order chi connectivity index (χ1) is 7.56. The van der Waals surface area contributed by atoms with Crippen molar-refractivity contribution in [2.75, 3.05) is 12.4 Å². The number of aryl methyl sites for hydroxylation is 1. The summed E-state index contributed by atoms with van der Waals surface area (Å²) < 4.78 is 2.31. The van der Waals surface area contributed by atoms with Crippen molar-refractivity contribution >= 4 is 17.0 Å². The average molecular weight is 221 g/mol. The van der Waals surface area contributed by atoms with Gasteiger partial charge < -0.3 is 5.32 Å². The molecule has 2 heterocycles. The standard InChI is InChI=1S/C9H11N5O2/c1-10-5-4-11-6-7(12-5)13(2)9(16)14(3)8(6)15/h4H,1-3H3,(H,10,12). The van der Waals surface area contributed by atoms with Crippen molar-refractivity contribution in [2.45, 2.75) is 0 Å². The third-order valence-corrected chi connectivity index (χ3v) is 2.41. The molecule has 7 nitrogen and oxygen atoms in total. The molecule has 0 bridgehead atoms. The van der Waals surface area contributed by atoms with Crippen LogP contribution in [0.2, 0.25) is 0 Å². The van der Waals surface area contributed by atoms with Gasteiger partial charge in [0.15, 0.2) is 11.2 Å². The summed E-state index contributed by atoms with van der Waals surface area (Å²) in [6.07, 6.45) is 1.45. The van der Waals surface area contributed by atoms with Gasteiger partial charge in [0.1, 0.15) is 5.82 Å². The van der Waals surface area contributed by atoms with Gasteiger partial charge >= 0.3 is 5.69 Å². The van der Waals surface area contributed by atoms with E-state index in [9.17, 15) is 9.59 Å². The maximum absolute atomic E-state index is 11.7. The van der Waals surface area contributed by atoms with Crippen LogP contribution in [0.25, 0.3) is 11.2 Å². The van der Waals surface area contributed by atoms with Crippen LogP contribution in [0, 0.1) is 0 Å². The minimum Gasteiger partial charge on any atom is -0.372 e. The molecule has 2 aromatic rings. The number of nitrogens with zero attached hydrogens (tertiary/aromatic N) is 4. The van der Waals surface area contributed by atoms with E-state index in [4.69, 9.17) is 0 Å². The highest BCUT2D eigenvalue weighted by Gasteiger charge is 2.10. The average Bonchev–Trinajstić information content (AvgIpc) is 2.33. The van der Waals surface area contributed by atoms with E-state index in [2.05, 4.69) is 15.3 Å². The van der Waals surface area contributed by atoms with E-state index in [1.165, 1.54) is 17.8 Å². The van der Waals surface area contributed by atoms with E-state index in [0.717, 1.165) is 4.57 Å². The lowest BCUT2D eigenvalue weighted by molar-refractivity contribution is 0.704. The number of anilines is 1. The minimum atomic E-state index is -0.437. The Kier molecular flexibility index (Phi) is 2.22. The van der Waals surface area contributed by atoms with E-state index in [1.54, 1.807) is 14.1 Å². The molecule has 0 aliphatic heterocycles. The summed E-state index contributed by atoms with van der Waals surface area (Å²) in [5.41, 5.74) is -0.392. The number of aromatic nitrogens is 4. The second-order valence-corrected chi connectivity index (χ2v) is 3.38. The summed E-state index contributed by atoms with van der Waals surface area (Å²) in [6, 6.07) is 0. The lowest BCUT2D eigenvalue weighted by Crippen LogP contribution is -2.37. The molecule has 16 heavy (non-hydrogen) atoms. The maximum atomic E-state index is 11.7. The summed E-state index contributed by atoms with van der Waals surface area (Å²) in [5, 5.41) is 2.80. The van der Waals surface area contributed by atoms with Gasteiger partial charge in [0.05, 0.1) is 6.20 Å². The first-order valence-corrected chi connectivity index (χ1v) is 4.66. The van der Waals surface area contributed by atoms with Crippen LogP contribution in [-0.4, -0.2) is 26.1 Å². The van der Waals surface area contributed by atoms with Gasteiger partial charge in [-0.3, -0.25) is 13.9 Å². The zero-order valence-corrected chi connectivity index (χ0v) is 9.18. The first kappa shape index (κ1) is 10.3. The zero-order chi connectivity index (χ0) is 11.9. The molecule has 2 aromatic heterocycles. The van der Waals surface area contributed by atoms with E-state index in [-0.39, 0.29) is 11.2 Å². The predicted molar refractivity (Wildman–Crippen MR) is 59.6 cm³/mol. The fourth-order valence-electron chi connectivity index (χ4n) is 1.45. The largest absolute Gasteiger partial charge is 0.372 e. The molecular weight excluding hydrogens is 210 g/mol. The molecule has 7 heteroatoms. The summed E-state index contributed by atoms with van der Waals surface area (Å²) in [6.45, 7) is 0. The Hall–Kier alpha value is -2.18. The smallest absolute Gasteiger partial charge is 0.332 e. The van der Waals surface area contributed by atoms with Crippen LogP contribution in [-0.2, 0) is 14.1 Å². The first-order valence-electron chi connectivity index (χ1n) is 4.66. The predicted octanol–water partition coefficient (Wildman–Crippen LogP) is -0.931. The van der Waals surface area contributed by atoms with Crippen molar-refractivity contribution in [3.05, 3.63) is 27.0 Å². The number of nitrogens with one attached hydrogen (secondary N) is 1. The van der Waals surface area contributed by atoms with Crippen molar-refractivity contribution in [3.63, 3.8) is 0 Å². The Morgan fingerprint density at radius 2 is 1.94 bits per heavy atom. The van der Waals surface area contributed by atoms with E-state index in [0.29, 0.717) is 5.82 Å². The number of hydrogen-bond donors (Lipinski definition) is 1. The Balaban J connectivity index is 3.03. The maximum Gasteiger partial charge on any atom is 0.332 e. The fraction of sp³-hybridized carbons (Fsp3) is 0.333. The molecule has 0 amide bonds. The van der Waals surface area contributed by atoms with Crippen molar-refractivity contribution in [1.82, 2.24) is 19.1 Å². The molecule has 0 atom stereocenters. The quantitative estimate of drug-likeness (QED) is 0.672. The van der Waals surface area contributed by atoms with Crippen molar-refractivity contribution in [3.8, 4) is 0 Å². The Labute approximate surface area is 90.4 Å². The fourth-order valence-corrected chi connectivity index (χ4v) is 1.45. The number of rotatable bonds is 1. The molecule has 0 aromatic carbocycles. The molecule has 0 saturated carbocycles. The van der Waals surface area contributed by atoms with Crippen LogP contribution < -0.4 is 16.6 Å². The second-order valence-electron chi connectivity index (χ2n) is 3.38. The van der Waals surface area contributed by atoms with Crippen LogP contribution in [0.3, 0.4) is 0 Å². The van der Waals surface area contributed by atoms with E-state index in [1.807, 2.05) is 0 Å². The van der Waals surface area contributed by atoms with Crippen LogP contribution in [0.15, 0.2) is 15.8 Å². The van der Waals surface area contributed by atoms with Gasteiger partial charge in [0, 0.05) is 21.1 Å². The lowest BCUT2D eigenvalue weighted by atomic mass is 10.4. The summed E-state index contributed by atoms with van der Waals surface area (Å²) in [7, 11) is 4.66. The number of hydrogen-bond acceptors (Lipinski definition) is 5. The molecule has 0 unspecified atom stereocenters. The molecule has 0 spiro atoms. The van der Waals surface area contributed by atoms with E-state index < -0.39 is 11.2 Å². The van der Waals surface area contributed by atoms with Crippen molar-refractivity contribution in [1.29, 1.82) is 0 Å². The van der Waals surface area contributed by atoms with Gasteiger partial charge in [0.25, 0.3) is 5.56 Å². The minimum absolute atomic E-state index is 0.184. The monoisotopic (exact) mass is 221 g/mol. The van der Waals surface area contributed by atoms with Crippen molar-refractivity contribution < 1.29 is 0 Å². The summed E-state index contributed by atoms with van der Waals surface area (Å²) in [5.74, 6) is 0.510. The highest BCUT2D eigenvalue weighted by molar-refractivity contribution is 5.70. The van der Waals surface area contributed by atoms with E-state index >= 15 is 0 Å². The molecule has 0 radical (unpaired) electrons. The Morgan fingerprint density at radius 1 is 1.25 bits per heavy atom. The van der Waals surface area contributed by atoms with Crippen LogP contribution in [0.4, 0.5) is 5.82 Å². The van der Waals surface area contributed by atoms with Gasteiger partial charge in [-0.15, -0.1) is 0 Å². The molecule has 0 aliphatic carbocycles. The Bertz CT molecular complexity index is 670. The van der Waals surface area contributed by atoms with Crippen LogP contribution in [0.5, 0.6) is 0 Å². The third kappa shape index (κ3) is 1.28. The molecular formula is C9H11N5O2. The normalized spacial score (nSPS) is 10.7. The highest BCUT2D eigenvalue weighted by atomic mass is 16.2. The summed E-state index contributed by atoms with van der Waals surface area (Å²) >= 11 is 0. The van der Waals surface area contributed by atoms with Crippen molar-refractivity contribution in [2.24, 2.45) is 14.1 Å². The number of fused-ring (bicyclic) bond motifs is 1. The third-order valence-electron chi connectivity index (χ3n) is 2.41. The summed E-state index contributed by atoms with van der Waals surface area (Å²) in [4.78, 5) is 31.5. The van der Waals surface area contributed by atoms with Gasteiger partial charge in [-0.25, -0.2) is 14.8 Å². The van der Waals surface area contributed by atoms with Gasteiger partial charge in [-0.05, 0) is 0 Å².